The van der Waals surface area contributed by atoms with Gasteiger partial charge in [-0.3, -0.25) is 9.69 Å². The molecule has 0 aromatic carbocycles. The summed E-state index contributed by atoms with van der Waals surface area (Å²) in [5.41, 5.74) is -0.121. The quantitative estimate of drug-likeness (QED) is 0.671. The number of aliphatic carboxylic acids is 1. The van der Waals surface area contributed by atoms with Gasteiger partial charge in [-0.05, 0) is 32.9 Å². The Kier molecular flexibility index (Phi) is 2.49. The van der Waals surface area contributed by atoms with Crippen molar-refractivity contribution in [1.29, 1.82) is 0 Å². The summed E-state index contributed by atoms with van der Waals surface area (Å²) in [6.07, 6.45) is 2.51. The molecule has 0 saturated carbocycles. The molecule has 0 aromatic rings. The van der Waals surface area contributed by atoms with Gasteiger partial charge in [0.1, 0.15) is 0 Å². The van der Waals surface area contributed by atoms with E-state index in [0.717, 1.165) is 25.8 Å². The van der Waals surface area contributed by atoms with Crippen molar-refractivity contribution in [1.82, 2.24) is 4.90 Å². The molecule has 2 fully saturated rings. The van der Waals surface area contributed by atoms with Gasteiger partial charge in [0.15, 0.2) is 0 Å². The van der Waals surface area contributed by atoms with E-state index < -0.39 is 5.97 Å². The Bertz CT molecular complexity index is 236. The maximum absolute atomic E-state index is 11.2. The van der Waals surface area contributed by atoms with Crippen molar-refractivity contribution < 1.29 is 14.6 Å². The molecule has 1 N–H and O–H groups in total. The van der Waals surface area contributed by atoms with Crippen LogP contribution < -0.4 is 0 Å². The van der Waals surface area contributed by atoms with E-state index in [4.69, 9.17) is 4.74 Å². The normalized spacial score (nSPS) is 32.2. The molecule has 0 amide bonds. The molecule has 1 unspecified atom stereocenters. The molecule has 2 saturated heterocycles. The molecule has 2 aliphatic rings. The minimum atomic E-state index is -0.642. The average molecular weight is 199 g/mol. The number of likely N-dealkylation sites (tertiary alicyclic amines) is 1. The summed E-state index contributed by atoms with van der Waals surface area (Å²) >= 11 is 0. The van der Waals surface area contributed by atoms with Crippen LogP contribution in [-0.4, -0.2) is 48.3 Å². The molecule has 1 spiro atoms. The topological polar surface area (TPSA) is 49.8 Å². The highest BCUT2D eigenvalue weighted by Gasteiger charge is 2.50. The number of carboxylic acids is 1. The van der Waals surface area contributed by atoms with Gasteiger partial charge < -0.3 is 9.84 Å². The third-order valence-corrected chi connectivity index (χ3v) is 3.82. The lowest BCUT2D eigenvalue weighted by atomic mass is 9.78. The molecule has 2 heterocycles. The van der Waals surface area contributed by atoms with Crippen LogP contribution in [0.2, 0.25) is 0 Å². The van der Waals surface area contributed by atoms with Crippen LogP contribution in [0.5, 0.6) is 0 Å². The van der Waals surface area contributed by atoms with E-state index in [2.05, 4.69) is 4.90 Å². The highest BCUT2D eigenvalue weighted by Crippen LogP contribution is 2.41. The van der Waals surface area contributed by atoms with E-state index in [1.54, 1.807) is 0 Å². The molecular weight excluding hydrogens is 182 g/mol. The Labute approximate surface area is 83.8 Å². The number of hydrogen-bond donors (Lipinski definition) is 1. The zero-order valence-electron chi connectivity index (χ0n) is 8.53. The second-order valence-corrected chi connectivity index (χ2v) is 4.32. The second kappa shape index (κ2) is 3.51. The zero-order chi connectivity index (χ0) is 10.2. The maximum atomic E-state index is 11.2. The zero-order valence-corrected chi connectivity index (χ0v) is 8.53. The average Bonchev–Trinajstić information content (AvgIpc) is 2.46. The predicted octanol–water partition coefficient (Wildman–Crippen LogP) is 0.572. The standard InChI is InChI=1S/C10H17NO3/c1-11-5-2-8(9(12)13)10(11)3-6-14-7-4-10/h8H,2-7H2,1H3,(H,12,13). The molecular formula is C10H17NO3. The minimum absolute atomic E-state index is 0.121. The lowest BCUT2D eigenvalue weighted by Gasteiger charge is -2.42. The van der Waals surface area contributed by atoms with Crippen LogP contribution in [0, 0.1) is 5.92 Å². The monoisotopic (exact) mass is 199 g/mol. The predicted molar refractivity (Wildman–Crippen MR) is 51.2 cm³/mol. The Morgan fingerprint density at radius 2 is 2.14 bits per heavy atom. The number of rotatable bonds is 1. The Morgan fingerprint density at radius 1 is 1.50 bits per heavy atom. The van der Waals surface area contributed by atoms with Crippen molar-refractivity contribution in [2.24, 2.45) is 5.92 Å². The summed E-state index contributed by atoms with van der Waals surface area (Å²) in [6.45, 7) is 2.30. The minimum Gasteiger partial charge on any atom is -0.481 e. The molecule has 0 aliphatic carbocycles. The summed E-state index contributed by atoms with van der Waals surface area (Å²) in [5, 5.41) is 9.18. The molecule has 2 aliphatic heterocycles. The van der Waals surface area contributed by atoms with Crippen LogP contribution >= 0.6 is 0 Å². The lowest BCUT2D eigenvalue weighted by Crippen LogP contribution is -2.52. The van der Waals surface area contributed by atoms with Crippen LogP contribution in [0.25, 0.3) is 0 Å². The van der Waals surface area contributed by atoms with Gasteiger partial charge in [0, 0.05) is 18.8 Å². The SMILES string of the molecule is CN1CCC(C(=O)O)C12CCOCC2. The van der Waals surface area contributed by atoms with Crippen LogP contribution in [0.15, 0.2) is 0 Å². The molecule has 0 radical (unpaired) electrons. The molecule has 1 atom stereocenters. The first-order valence-corrected chi connectivity index (χ1v) is 5.18. The second-order valence-electron chi connectivity index (χ2n) is 4.32. The molecule has 4 heteroatoms. The maximum Gasteiger partial charge on any atom is 0.308 e. The third-order valence-electron chi connectivity index (χ3n) is 3.82. The number of carboxylic acid groups (broad SMARTS) is 1. The van der Waals surface area contributed by atoms with Gasteiger partial charge in [-0.2, -0.15) is 0 Å². The van der Waals surface area contributed by atoms with Crippen molar-refractivity contribution in [3.63, 3.8) is 0 Å². The molecule has 0 aromatic heterocycles. The molecule has 4 nitrogen and oxygen atoms in total. The molecule has 80 valence electrons. The highest BCUT2D eigenvalue weighted by molar-refractivity contribution is 5.72. The van der Waals surface area contributed by atoms with Crippen molar-refractivity contribution in [3.05, 3.63) is 0 Å². The van der Waals surface area contributed by atoms with Crippen LogP contribution in [0.1, 0.15) is 19.3 Å². The van der Waals surface area contributed by atoms with Crippen molar-refractivity contribution in [2.75, 3.05) is 26.8 Å². The summed E-state index contributed by atoms with van der Waals surface area (Å²) in [6, 6.07) is 0. The van der Waals surface area contributed by atoms with E-state index in [9.17, 15) is 9.90 Å². The fourth-order valence-corrected chi connectivity index (χ4v) is 2.89. The highest BCUT2D eigenvalue weighted by atomic mass is 16.5. The Hall–Kier alpha value is -0.610. The van der Waals surface area contributed by atoms with Crippen LogP contribution in [0.3, 0.4) is 0 Å². The molecule has 0 bridgehead atoms. The van der Waals surface area contributed by atoms with Crippen LogP contribution in [-0.2, 0) is 9.53 Å². The van der Waals surface area contributed by atoms with Gasteiger partial charge in [0.2, 0.25) is 0 Å². The van der Waals surface area contributed by atoms with E-state index in [0.29, 0.717) is 13.2 Å². The largest absolute Gasteiger partial charge is 0.481 e. The summed E-state index contributed by atoms with van der Waals surface area (Å²) in [7, 11) is 2.04. The fourth-order valence-electron chi connectivity index (χ4n) is 2.89. The van der Waals surface area contributed by atoms with Gasteiger partial charge in [0.05, 0.1) is 5.92 Å². The van der Waals surface area contributed by atoms with E-state index >= 15 is 0 Å². The first kappa shape index (κ1) is 9.93. The van der Waals surface area contributed by atoms with E-state index in [1.165, 1.54) is 0 Å². The van der Waals surface area contributed by atoms with Gasteiger partial charge in [-0.15, -0.1) is 0 Å². The third kappa shape index (κ3) is 1.33. The smallest absolute Gasteiger partial charge is 0.308 e. The number of carbonyl (C=O) groups is 1. The van der Waals surface area contributed by atoms with Gasteiger partial charge >= 0.3 is 5.97 Å². The summed E-state index contributed by atoms with van der Waals surface area (Å²) in [4.78, 5) is 13.4. The van der Waals surface area contributed by atoms with E-state index in [-0.39, 0.29) is 11.5 Å². The molecule has 14 heavy (non-hydrogen) atoms. The fraction of sp³-hybridized carbons (Fsp3) is 0.900. The van der Waals surface area contributed by atoms with Crippen molar-refractivity contribution in [3.8, 4) is 0 Å². The van der Waals surface area contributed by atoms with E-state index in [1.807, 2.05) is 7.05 Å². The number of ether oxygens (including phenoxy) is 1. The number of nitrogens with zero attached hydrogens (tertiary/aromatic N) is 1. The van der Waals surface area contributed by atoms with Gasteiger partial charge in [-0.25, -0.2) is 0 Å². The Morgan fingerprint density at radius 3 is 2.71 bits per heavy atom. The Balaban J connectivity index is 2.22. The lowest BCUT2D eigenvalue weighted by molar-refractivity contribution is -0.147. The first-order valence-electron chi connectivity index (χ1n) is 5.18. The summed E-state index contributed by atoms with van der Waals surface area (Å²) in [5.74, 6) is -0.840. The van der Waals surface area contributed by atoms with Crippen molar-refractivity contribution in [2.45, 2.75) is 24.8 Å². The van der Waals surface area contributed by atoms with Gasteiger partial charge in [-0.1, -0.05) is 0 Å². The summed E-state index contributed by atoms with van der Waals surface area (Å²) < 4.78 is 5.31. The van der Waals surface area contributed by atoms with Gasteiger partial charge in [0.25, 0.3) is 0 Å². The molecule has 2 rings (SSSR count). The first-order chi connectivity index (χ1) is 6.67. The van der Waals surface area contributed by atoms with Crippen LogP contribution in [0.4, 0.5) is 0 Å². The van der Waals surface area contributed by atoms with Crippen molar-refractivity contribution >= 4 is 5.97 Å². The number of hydrogen-bond acceptors (Lipinski definition) is 3.